The number of hydroxylamine groups is 1. The maximum Gasteiger partial charge on any atom is 0.243 e. The number of benzene rings is 1. The van der Waals surface area contributed by atoms with Gasteiger partial charge in [-0.3, -0.25) is 9.63 Å². The summed E-state index contributed by atoms with van der Waals surface area (Å²) >= 11 is 0. The first-order chi connectivity index (χ1) is 9.84. The van der Waals surface area contributed by atoms with Crippen LogP contribution >= 0.6 is 0 Å². The third kappa shape index (κ3) is 5.72. The molecule has 4 nitrogen and oxygen atoms in total. The van der Waals surface area contributed by atoms with Gasteiger partial charge in [-0.1, -0.05) is 36.8 Å². The number of hydrogen-bond donors (Lipinski definition) is 1. The number of carbonyl (C=O) groups excluding carboxylic acids is 1. The van der Waals surface area contributed by atoms with Crippen molar-refractivity contribution in [2.45, 2.75) is 32.1 Å². The second-order valence-electron chi connectivity index (χ2n) is 5.26. The fourth-order valence-corrected chi connectivity index (χ4v) is 2.44. The van der Waals surface area contributed by atoms with Gasteiger partial charge >= 0.3 is 0 Å². The fraction of sp³-hybridized carbons (Fsp3) is 0.562. The molecule has 2 rings (SSSR count). The van der Waals surface area contributed by atoms with E-state index in [1.807, 2.05) is 30.3 Å². The number of rotatable bonds is 7. The summed E-state index contributed by atoms with van der Waals surface area (Å²) in [5, 5.41) is 0. The molecule has 0 bridgehead atoms. The van der Waals surface area contributed by atoms with E-state index < -0.39 is 0 Å². The smallest absolute Gasteiger partial charge is 0.243 e. The quantitative estimate of drug-likeness (QED) is 0.613. The molecule has 1 fully saturated rings. The van der Waals surface area contributed by atoms with E-state index in [1.54, 1.807) is 0 Å². The van der Waals surface area contributed by atoms with Crippen molar-refractivity contribution in [2.75, 3.05) is 26.2 Å². The van der Waals surface area contributed by atoms with Gasteiger partial charge in [-0.15, -0.1) is 0 Å². The zero-order valence-electron chi connectivity index (χ0n) is 12.0. The molecule has 0 saturated carbocycles. The Hall–Kier alpha value is -1.39. The Bertz CT molecular complexity index is 389. The highest BCUT2D eigenvalue weighted by atomic mass is 16.6. The minimum atomic E-state index is -0.0486. The van der Waals surface area contributed by atoms with Crippen LogP contribution in [0.1, 0.15) is 31.2 Å². The van der Waals surface area contributed by atoms with E-state index in [-0.39, 0.29) is 5.91 Å². The maximum atomic E-state index is 11.6. The summed E-state index contributed by atoms with van der Waals surface area (Å²) in [6.07, 6.45) is 5.12. The second-order valence-corrected chi connectivity index (χ2v) is 5.26. The molecule has 4 heteroatoms. The van der Waals surface area contributed by atoms with Crippen LogP contribution in [0.3, 0.4) is 0 Å². The fourth-order valence-electron chi connectivity index (χ4n) is 2.44. The van der Waals surface area contributed by atoms with Crippen LogP contribution in [0.2, 0.25) is 0 Å². The Balaban J connectivity index is 1.51. The van der Waals surface area contributed by atoms with Gasteiger partial charge in [-0.2, -0.15) is 0 Å². The third-order valence-corrected chi connectivity index (χ3v) is 3.63. The largest absolute Gasteiger partial charge is 0.301 e. The molecule has 0 aliphatic carbocycles. The van der Waals surface area contributed by atoms with E-state index in [1.165, 1.54) is 24.8 Å². The third-order valence-electron chi connectivity index (χ3n) is 3.63. The first kappa shape index (κ1) is 15.0. The molecule has 1 aromatic rings. The van der Waals surface area contributed by atoms with Crippen LogP contribution in [0.4, 0.5) is 0 Å². The summed E-state index contributed by atoms with van der Waals surface area (Å²) in [6, 6.07) is 10.0. The topological polar surface area (TPSA) is 41.6 Å². The Morgan fingerprint density at radius 1 is 1.15 bits per heavy atom. The monoisotopic (exact) mass is 276 g/mol. The van der Waals surface area contributed by atoms with Crippen LogP contribution in [0, 0.1) is 0 Å². The van der Waals surface area contributed by atoms with Gasteiger partial charge in [0, 0.05) is 13.0 Å². The first-order valence-electron chi connectivity index (χ1n) is 7.51. The number of nitrogens with zero attached hydrogens (tertiary/aromatic N) is 1. The number of hydrogen-bond acceptors (Lipinski definition) is 3. The highest BCUT2D eigenvalue weighted by molar-refractivity contribution is 5.75. The molecular weight excluding hydrogens is 252 g/mol. The molecule has 0 spiro atoms. The molecule has 0 unspecified atom stereocenters. The van der Waals surface area contributed by atoms with Crippen LogP contribution in [-0.4, -0.2) is 37.0 Å². The molecule has 1 amide bonds. The van der Waals surface area contributed by atoms with E-state index in [4.69, 9.17) is 4.84 Å². The summed E-state index contributed by atoms with van der Waals surface area (Å²) in [5.74, 6) is -0.0486. The predicted octanol–water partition coefficient (Wildman–Crippen LogP) is 2.15. The van der Waals surface area contributed by atoms with Crippen LogP contribution in [-0.2, 0) is 16.1 Å². The minimum absolute atomic E-state index is 0.0486. The zero-order chi connectivity index (χ0) is 14.0. The van der Waals surface area contributed by atoms with Crippen molar-refractivity contribution in [3.63, 3.8) is 0 Å². The molecule has 0 atom stereocenters. The molecule has 1 saturated heterocycles. The number of aryl methyl sites for hydroxylation is 1. The van der Waals surface area contributed by atoms with Crippen LogP contribution in [0.25, 0.3) is 0 Å². The van der Waals surface area contributed by atoms with E-state index in [9.17, 15) is 4.79 Å². The average Bonchev–Trinajstić information content (AvgIpc) is 2.52. The van der Waals surface area contributed by atoms with Gasteiger partial charge in [0.25, 0.3) is 0 Å². The number of piperidine rings is 1. The van der Waals surface area contributed by atoms with Gasteiger partial charge in [-0.05, 0) is 37.9 Å². The first-order valence-corrected chi connectivity index (χ1v) is 7.51. The summed E-state index contributed by atoms with van der Waals surface area (Å²) in [4.78, 5) is 19.3. The SMILES string of the molecule is O=C(CCc1ccccc1)NOCCN1CCCCC1. The van der Waals surface area contributed by atoms with Crippen molar-refractivity contribution in [1.82, 2.24) is 10.4 Å². The molecule has 20 heavy (non-hydrogen) atoms. The van der Waals surface area contributed by atoms with Gasteiger partial charge in [0.2, 0.25) is 5.91 Å². The van der Waals surface area contributed by atoms with Crippen molar-refractivity contribution in [2.24, 2.45) is 0 Å². The van der Waals surface area contributed by atoms with Crippen molar-refractivity contribution in [3.8, 4) is 0 Å². The van der Waals surface area contributed by atoms with Crippen LogP contribution < -0.4 is 5.48 Å². The van der Waals surface area contributed by atoms with Gasteiger partial charge in [0.15, 0.2) is 0 Å². The zero-order valence-corrected chi connectivity index (χ0v) is 12.0. The molecule has 1 heterocycles. The van der Waals surface area contributed by atoms with E-state index in [0.29, 0.717) is 13.0 Å². The number of nitrogens with one attached hydrogen (secondary N) is 1. The highest BCUT2D eigenvalue weighted by Crippen LogP contribution is 2.07. The number of carbonyl (C=O) groups is 1. The Morgan fingerprint density at radius 3 is 2.65 bits per heavy atom. The summed E-state index contributed by atoms with van der Waals surface area (Å²) in [6.45, 7) is 3.78. The lowest BCUT2D eigenvalue weighted by Gasteiger charge is -2.25. The average molecular weight is 276 g/mol. The molecule has 1 aliphatic rings. The number of amides is 1. The van der Waals surface area contributed by atoms with E-state index >= 15 is 0 Å². The predicted molar refractivity (Wildman–Crippen MR) is 79.1 cm³/mol. The molecule has 110 valence electrons. The lowest BCUT2D eigenvalue weighted by Crippen LogP contribution is -2.35. The normalized spacial score (nSPS) is 16.0. The molecule has 1 aliphatic heterocycles. The lowest BCUT2D eigenvalue weighted by atomic mass is 10.1. The van der Waals surface area contributed by atoms with E-state index in [2.05, 4.69) is 10.4 Å². The highest BCUT2D eigenvalue weighted by Gasteiger charge is 2.09. The summed E-state index contributed by atoms with van der Waals surface area (Å²) < 4.78 is 0. The van der Waals surface area contributed by atoms with Crippen molar-refractivity contribution in [3.05, 3.63) is 35.9 Å². The molecule has 0 aromatic heterocycles. The minimum Gasteiger partial charge on any atom is -0.301 e. The van der Waals surface area contributed by atoms with Gasteiger partial charge < -0.3 is 4.90 Å². The van der Waals surface area contributed by atoms with Crippen LogP contribution in [0.15, 0.2) is 30.3 Å². The van der Waals surface area contributed by atoms with E-state index in [0.717, 1.165) is 26.1 Å². The molecule has 0 radical (unpaired) electrons. The molecule has 1 N–H and O–H groups in total. The second kappa shape index (κ2) is 8.72. The van der Waals surface area contributed by atoms with Gasteiger partial charge in [0.1, 0.15) is 0 Å². The summed E-state index contributed by atoms with van der Waals surface area (Å²) in [7, 11) is 0. The summed E-state index contributed by atoms with van der Waals surface area (Å²) in [5.41, 5.74) is 3.70. The number of likely N-dealkylation sites (tertiary alicyclic amines) is 1. The Labute approximate surface area is 121 Å². The van der Waals surface area contributed by atoms with Crippen molar-refractivity contribution >= 4 is 5.91 Å². The molecular formula is C16H24N2O2. The van der Waals surface area contributed by atoms with Crippen molar-refractivity contribution < 1.29 is 9.63 Å². The van der Waals surface area contributed by atoms with Crippen LogP contribution in [0.5, 0.6) is 0 Å². The lowest BCUT2D eigenvalue weighted by molar-refractivity contribution is -0.133. The molecule has 1 aromatic carbocycles. The maximum absolute atomic E-state index is 11.6. The Kier molecular flexibility index (Phi) is 6.54. The van der Waals surface area contributed by atoms with Gasteiger partial charge in [-0.25, -0.2) is 5.48 Å². The van der Waals surface area contributed by atoms with Gasteiger partial charge in [0.05, 0.1) is 6.61 Å². The Morgan fingerprint density at radius 2 is 1.90 bits per heavy atom. The van der Waals surface area contributed by atoms with Crippen molar-refractivity contribution in [1.29, 1.82) is 0 Å². The standard InChI is InChI=1S/C16H24N2O2/c19-16(10-9-15-7-3-1-4-8-15)17-20-14-13-18-11-5-2-6-12-18/h1,3-4,7-8H,2,5-6,9-14H2,(H,17,19).